The Labute approximate surface area is 105 Å². The molecule has 0 spiro atoms. The lowest BCUT2D eigenvalue weighted by atomic mass is 10.1. The van der Waals surface area contributed by atoms with Crippen molar-refractivity contribution in [3.63, 3.8) is 0 Å². The summed E-state index contributed by atoms with van der Waals surface area (Å²) in [5.74, 6) is 0.330. The maximum atomic E-state index is 10.6. The first kappa shape index (κ1) is 16.1. The third-order valence-electron chi connectivity index (χ3n) is 3.05. The molecule has 0 aromatic carbocycles. The van der Waals surface area contributed by atoms with Crippen molar-refractivity contribution in [2.24, 2.45) is 5.92 Å². The molecule has 0 aliphatic heterocycles. The van der Waals surface area contributed by atoms with E-state index in [9.17, 15) is 9.59 Å². The number of aldehydes is 1. The van der Waals surface area contributed by atoms with Crippen LogP contribution < -0.4 is 0 Å². The lowest BCUT2D eigenvalue weighted by Crippen LogP contribution is -1.98. The van der Waals surface area contributed by atoms with E-state index in [2.05, 4.69) is 11.7 Å². The minimum atomic E-state index is -0.0869. The van der Waals surface area contributed by atoms with Crippen LogP contribution in [0.2, 0.25) is 0 Å². The molecule has 0 aromatic heterocycles. The molecule has 0 heterocycles. The maximum Gasteiger partial charge on any atom is 0.305 e. The molecular weight excluding hydrogens is 216 g/mol. The molecule has 0 atom stereocenters. The summed E-state index contributed by atoms with van der Waals surface area (Å²) in [4.78, 5) is 20.6. The van der Waals surface area contributed by atoms with E-state index in [-0.39, 0.29) is 5.97 Å². The molecule has 0 amide bonds. The van der Waals surface area contributed by atoms with Crippen LogP contribution in [0.1, 0.15) is 64.7 Å². The van der Waals surface area contributed by atoms with Crippen molar-refractivity contribution in [3.8, 4) is 0 Å². The number of unbranched alkanes of at least 4 members (excludes halogenated alkanes) is 3. The summed E-state index contributed by atoms with van der Waals surface area (Å²) >= 11 is 0. The first-order chi connectivity index (χ1) is 8.24. The molecule has 0 aromatic rings. The Morgan fingerprint density at radius 3 is 2.29 bits per heavy atom. The summed E-state index contributed by atoms with van der Waals surface area (Å²) in [6.07, 6.45) is 11.0. The van der Waals surface area contributed by atoms with Crippen molar-refractivity contribution in [3.05, 3.63) is 0 Å². The second kappa shape index (κ2) is 11.6. The van der Waals surface area contributed by atoms with Crippen LogP contribution in [0.25, 0.3) is 0 Å². The van der Waals surface area contributed by atoms with Gasteiger partial charge in [-0.3, -0.25) is 4.79 Å². The summed E-state index contributed by atoms with van der Waals surface area (Å²) in [5, 5.41) is 0. The lowest BCUT2D eigenvalue weighted by molar-refractivity contribution is -0.140. The van der Waals surface area contributed by atoms with Gasteiger partial charge in [-0.25, -0.2) is 0 Å². The highest BCUT2D eigenvalue weighted by molar-refractivity contribution is 5.68. The molecule has 17 heavy (non-hydrogen) atoms. The van der Waals surface area contributed by atoms with Gasteiger partial charge in [0.1, 0.15) is 6.29 Å². The molecule has 0 unspecified atom stereocenters. The molecule has 1 aliphatic rings. The van der Waals surface area contributed by atoms with Gasteiger partial charge in [-0.15, -0.1) is 0 Å². The predicted octanol–water partition coefficient (Wildman–Crippen LogP) is 3.51. The van der Waals surface area contributed by atoms with Crippen LogP contribution in [-0.2, 0) is 14.3 Å². The van der Waals surface area contributed by atoms with E-state index in [1.165, 1.54) is 32.8 Å². The zero-order chi connectivity index (χ0) is 12.9. The zero-order valence-corrected chi connectivity index (χ0v) is 11.2. The molecule has 1 fully saturated rings. The van der Waals surface area contributed by atoms with Crippen LogP contribution in [0.4, 0.5) is 0 Å². The van der Waals surface area contributed by atoms with Crippen molar-refractivity contribution in [2.75, 3.05) is 7.11 Å². The monoisotopic (exact) mass is 242 g/mol. The van der Waals surface area contributed by atoms with E-state index in [0.29, 0.717) is 12.3 Å². The van der Waals surface area contributed by atoms with Gasteiger partial charge in [0, 0.05) is 12.3 Å². The van der Waals surface area contributed by atoms with Gasteiger partial charge in [0.05, 0.1) is 7.11 Å². The average molecular weight is 242 g/mol. The molecule has 3 nitrogen and oxygen atoms in total. The Morgan fingerprint density at radius 2 is 1.88 bits per heavy atom. The first-order valence-electron chi connectivity index (χ1n) is 6.76. The molecule has 100 valence electrons. The lowest BCUT2D eigenvalue weighted by Gasteiger charge is -1.97. The van der Waals surface area contributed by atoms with Crippen molar-refractivity contribution < 1.29 is 14.3 Å². The molecule has 1 aliphatic carbocycles. The average Bonchev–Trinajstić information content (AvgIpc) is 2.88. The van der Waals surface area contributed by atoms with Crippen LogP contribution in [0.5, 0.6) is 0 Å². The van der Waals surface area contributed by atoms with Crippen LogP contribution in [0.3, 0.4) is 0 Å². The predicted molar refractivity (Wildman–Crippen MR) is 68.8 cm³/mol. The largest absolute Gasteiger partial charge is 0.469 e. The van der Waals surface area contributed by atoms with E-state index in [1.54, 1.807) is 0 Å². The highest BCUT2D eigenvalue weighted by Crippen LogP contribution is 2.21. The molecule has 1 saturated carbocycles. The van der Waals surface area contributed by atoms with E-state index < -0.39 is 0 Å². The minimum absolute atomic E-state index is 0.0869. The van der Waals surface area contributed by atoms with Crippen LogP contribution >= 0.6 is 0 Å². The summed E-state index contributed by atoms with van der Waals surface area (Å²) in [6.45, 7) is 2.15. The van der Waals surface area contributed by atoms with Gasteiger partial charge in [0.25, 0.3) is 0 Å². The Bertz CT molecular complexity index is 196. The number of hydrogen-bond acceptors (Lipinski definition) is 3. The molecular formula is C14H26O3. The fourth-order valence-electron chi connectivity index (χ4n) is 1.89. The third-order valence-corrected chi connectivity index (χ3v) is 3.05. The van der Waals surface area contributed by atoms with Gasteiger partial charge >= 0.3 is 5.97 Å². The number of rotatable bonds is 6. The van der Waals surface area contributed by atoms with Crippen LogP contribution in [-0.4, -0.2) is 19.4 Å². The van der Waals surface area contributed by atoms with Gasteiger partial charge in [0.2, 0.25) is 0 Å². The van der Waals surface area contributed by atoms with Crippen molar-refractivity contribution in [1.29, 1.82) is 0 Å². The summed E-state index contributed by atoms with van der Waals surface area (Å²) in [5.41, 5.74) is 0. The fraction of sp³-hybridized carbons (Fsp3) is 0.857. The summed E-state index contributed by atoms with van der Waals surface area (Å²) in [7, 11) is 1.43. The standard InChI is InChI=1S/C8H16O2.C6H10O/c1-3-4-5-6-7-8(9)10-2;7-5-6-3-1-2-4-6/h3-7H2,1-2H3;5-6H,1-4H2. The molecule has 0 N–H and O–H groups in total. The molecule has 1 rings (SSSR count). The first-order valence-corrected chi connectivity index (χ1v) is 6.76. The number of methoxy groups -OCH3 is 1. The van der Waals surface area contributed by atoms with E-state index in [4.69, 9.17) is 0 Å². The highest BCUT2D eigenvalue weighted by Gasteiger charge is 2.12. The fourth-order valence-corrected chi connectivity index (χ4v) is 1.89. The summed E-state index contributed by atoms with van der Waals surface area (Å²) < 4.78 is 4.49. The third kappa shape index (κ3) is 10.0. The maximum absolute atomic E-state index is 10.6. The molecule has 3 heteroatoms. The molecule has 0 bridgehead atoms. The number of carbonyl (C=O) groups is 2. The molecule has 0 radical (unpaired) electrons. The second-order valence-electron chi connectivity index (χ2n) is 4.57. The SMILES string of the molecule is CCCCCCC(=O)OC.O=CC1CCCC1. The number of carbonyl (C=O) groups excluding carboxylic acids is 2. The van der Waals surface area contributed by atoms with Crippen LogP contribution in [0, 0.1) is 5.92 Å². The van der Waals surface area contributed by atoms with Gasteiger partial charge in [0.15, 0.2) is 0 Å². The van der Waals surface area contributed by atoms with E-state index in [0.717, 1.165) is 32.0 Å². The van der Waals surface area contributed by atoms with Gasteiger partial charge in [-0.1, -0.05) is 39.0 Å². The normalized spacial score (nSPS) is 14.9. The van der Waals surface area contributed by atoms with Crippen molar-refractivity contribution in [1.82, 2.24) is 0 Å². The van der Waals surface area contributed by atoms with Crippen molar-refractivity contribution >= 4 is 12.3 Å². The smallest absolute Gasteiger partial charge is 0.305 e. The van der Waals surface area contributed by atoms with Crippen LogP contribution in [0.15, 0.2) is 0 Å². The second-order valence-corrected chi connectivity index (χ2v) is 4.57. The Morgan fingerprint density at radius 1 is 1.24 bits per heavy atom. The Kier molecular flexibility index (Phi) is 11.0. The topological polar surface area (TPSA) is 43.4 Å². The summed E-state index contributed by atoms with van der Waals surface area (Å²) in [6, 6.07) is 0. The van der Waals surface area contributed by atoms with Crippen molar-refractivity contribution in [2.45, 2.75) is 64.7 Å². The number of esters is 1. The Hall–Kier alpha value is -0.860. The minimum Gasteiger partial charge on any atom is -0.469 e. The number of ether oxygens (including phenoxy) is 1. The quantitative estimate of drug-likeness (QED) is 0.407. The van der Waals surface area contributed by atoms with E-state index in [1.807, 2.05) is 0 Å². The number of hydrogen-bond donors (Lipinski definition) is 0. The zero-order valence-electron chi connectivity index (χ0n) is 11.2. The highest BCUT2D eigenvalue weighted by atomic mass is 16.5. The Balaban J connectivity index is 0.000000318. The van der Waals surface area contributed by atoms with E-state index >= 15 is 0 Å². The van der Waals surface area contributed by atoms with Gasteiger partial charge < -0.3 is 9.53 Å². The van der Waals surface area contributed by atoms with Gasteiger partial charge in [-0.05, 0) is 19.3 Å². The molecule has 0 saturated heterocycles. The van der Waals surface area contributed by atoms with Gasteiger partial charge in [-0.2, -0.15) is 0 Å².